The number of carbonyl (C=O) groups is 1. The lowest BCUT2D eigenvalue weighted by Gasteiger charge is -2.21. The fourth-order valence-electron chi connectivity index (χ4n) is 1.96. The zero-order valence-electron chi connectivity index (χ0n) is 9.63. The van der Waals surface area contributed by atoms with Crippen LogP contribution in [0, 0.1) is 11.8 Å². The van der Waals surface area contributed by atoms with Gasteiger partial charge in [-0.3, -0.25) is 0 Å². The lowest BCUT2D eigenvalue weighted by atomic mass is 10.3. The largest absolute Gasteiger partial charge is 0.477 e. The first kappa shape index (κ1) is 11.0. The van der Waals surface area contributed by atoms with Crippen LogP contribution in [0.15, 0.2) is 6.20 Å². The Bertz CT molecular complexity index is 410. The summed E-state index contributed by atoms with van der Waals surface area (Å²) in [5.41, 5.74) is 0. The SMILES string of the molecule is O=C(O)c1cnc(N(CC2CC2)CC2CC2)s1. The van der Waals surface area contributed by atoms with Crippen LogP contribution in [0.5, 0.6) is 0 Å². The summed E-state index contributed by atoms with van der Waals surface area (Å²) in [5, 5.41) is 9.81. The first-order valence-electron chi connectivity index (χ1n) is 6.16. The normalized spacial score (nSPS) is 19.3. The lowest BCUT2D eigenvalue weighted by Crippen LogP contribution is -2.27. The van der Waals surface area contributed by atoms with Crippen LogP contribution in [-0.4, -0.2) is 29.1 Å². The van der Waals surface area contributed by atoms with Crippen molar-refractivity contribution in [3.63, 3.8) is 0 Å². The van der Waals surface area contributed by atoms with E-state index >= 15 is 0 Å². The van der Waals surface area contributed by atoms with Gasteiger partial charge < -0.3 is 10.0 Å². The van der Waals surface area contributed by atoms with Crippen LogP contribution in [0.3, 0.4) is 0 Å². The van der Waals surface area contributed by atoms with E-state index in [0.717, 1.165) is 30.1 Å². The number of nitrogens with zero attached hydrogens (tertiary/aromatic N) is 2. The quantitative estimate of drug-likeness (QED) is 0.845. The highest BCUT2D eigenvalue weighted by Crippen LogP contribution is 2.36. The average molecular weight is 252 g/mol. The highest BCUT2D eigenvalue weighted by Gasteiger charge is 2.30. The molecule has 0 aromatic carbocycles. The maximum absolute atomic E-state index is 10.9. The number of aromatic nitrogens is 1. The van der Waals surface area contributed by atoms with Gasteiger partial charge in [-0.2, -0.15) is 0 Å². The summed E-state index contributed by atoms with van der Waals surface area (Å²) in [4.78, 5) is 17.8. The molecule has 0 spiro atoms. The zero-order valence-corrected chi connectivity index (χ0v) is 10.4. The van der Waals surface area contributed by atoms with Crippen LogP contribution in [0.2, 0.25) is 0 Å². The predicted octanol–water partition coefficient (Wildman–Crippen LogP) is 2.47. The minimum absolute atomic E-state index is 0.344. The first-order chi connectivity index (χ1) is 8.22. The van der Waals surface area contributed by atoms with Crippen molar-refractivity contribution < 1.29 is 9.90 Å². The molecule has 0 saturated heterocycles. The van der Waals surface area contributed by atoms with Crippen molar-refractivity contribution in [1.29, 1.82) is 0 Å². The van der Waals surface area contributed by atoms with Crippen LogP contribution in [-0.2, 0) is 0 Å². The van der Waals surface area contributed by atoms with Gasteiger partial charge in [-0.05, 0) is 37.5 Å². The van der Waals surface area contributed by atoms with Crippen molar-refractivity contribution in [3.05, 3.63) is 11.1 Å². The molecule has 0 radical (unpaired) electrons. The van der Waals surface area contributed by atoms with E-state index in [9.17, 15) is 4.79 Å². The van der Waals surface area contributed by atoms with Gasteiger partial charge in [0.1, 0.15) is 4.88 Å². The molecule has 2 aliphatic rings. The third-order valence-electron chi connectivity index (χ3n) is 3.33. The summed E-state index contributed by atoms with van der Waals surface area (Å²) in [6, 6.07) is 0. The zero-order chi connectivity index (χ0) is 11.8. The Labute approximate surface area is 104 Å². The van der Waals surface area contributed by atoms with Gasteiger partial charge in [-0.1, -0.05) is 11.3 Å². The van der Waals surface area contributed by atoms with E-state index in [-0.39, 0.29) is 0 Å². The molecule has 5 heteroatoms. The number of rotatable bonds is 6. The van der Waals surface area contributed by atoms with E-state index in [1.807, 2.05) is 0 Å². The molecule has 4 nitrogen and oxygen atoms in total. The summed E-state index contributed by atoms with van der Waals surface area (Å²) in [6.07, 6.45) is 6.75. The van der Waals surface area contributed by atoms with E-state index in [1.165, 1.54) is 43.2 Å². The maximum atomic E-state index is 10.9. The van der Waals surface area contributed by atoms with Crippen molar-refractivity contribution in [1.82, 2.24) is 4.98 Å². The van der Waals surface area contributed by atoms with E-state index < -0.39 is 5.97 Å². The first-order valence-corrected chi connectivity index (χ1v) is 6.98. The van der Waals surface area contributed by atoms with E-state index in [0.29, 0.717) is 4.88 Å². The second-order valence-corrected chi connectivity index (χ2v) is 6.11. The van der Waals surface area contributed by atoms with Crippen molar-refractivity contribution >= 4 is 22.4 Å². The van der Waals surface area contributed by atoms with Crippen molar-refractivity contribution in [2.75, 3.05) is 18.0 Å². The third kappa shape index (κ3) is 2.77. The average Bonchev–Trinajstić information content (AvgIpc) is 3.21. The molecule has 92 valence electrons. The van der Waals surface area contributed by atoms with E-state index in [1.54, 1.807) is 0 Å². The number of hydrogen-bond acceptors (Lipinski definition) is 4. The number of hydrogen-bond donors (Lipinski definition) is 1. The molecule has 0 amide bonds. The molecule has 0 atom stereocenters. The summed E-state index contributed by atoms with van der Waals surface area (Å²) in [7, 11) is 0. The molecule has 0 unspecified atom stereocenters. The Balaban J connectivity index is 1.72. The second-order valence-electron chi connectivity index (χ2n) is 5.10. The molecule has 0 aliphatic heterocycles. The molecular weight excluding hydrogens is 236 g/mol. The van der Waals surface area contributed by atoms with E-state index in [2.05, 4.69) is 9.88 Å². The topological polar surface area (TPSA) is 53.4 Å². The van der Waals surface area contributed by atoms with Crippen molar-refractivity contribution in [2.24, 2.45) is 11.8 Å². The molecule has 2 aliphatic carbocycles. The Morgan fingerprint density at radius 2 is 1.94 bits per heavy atom. The minimum atomic E-state index is -0.869. The molecule has 1 aromatic rings. The molecular formula is C12H16N2O2S. The fraction of sp³-hybridized carbons (Fsp3) is 0.667. The van der Waals surface area contributed by atoms with Gasteiger partial charge in [0.15, 0.2) is 5.13 Å². The van der Waals surface area contributed by atoms with Gasteiger partial charge in [-0.15, -0.1) is 0 Å². The molecule has 17 heavy (non-hydrogen) atoms. The highest BCUT2D eigenvalue weighted by atomic mass is 32.1. The maximum Gasteiger partial charge on any atom is 0.347 e. The monoisotopic (exact) mass is 252 g/mol. The highest BCUT2D eigenvalue weighted by molar-refractivity contribution is 7.17. The molecule has 3 rings (SSSR count). The summed E-state index contributed by atoms with van der Waals surface area (Å²) in [6.45, 7) is 2.12. The number of carboxylic acid groups (broad SMARTS) is 1. The molecule has 0 bridgehead atoms. The standard InChI is InChI=1S/C12H16N2O2S/c15-11(16)10-5-13-12(17-10)14(6-8-1-2-8)7-9-3-4-9/h5,8-9H,1-4,6-7H2,(H,15,16). The molecule has 1 N–H and O–H groups in total. The van der Waals surface area contributed by atoms with Gasteiger partial charge in [0, 0.05) is 13.1 Å². The Morgan fingerprint density at radius 3 is 2.35 bits per heavy atom. The third-order valence-corrected chi connectivity index (χ3v) is 4.37. The van der Waals surface area contributed by atoms with Crippen LogP contribution >= 0.6 is 11.3 Å². The smallest absolute Gasteiger partial charge is 0.347 e. The van der Waals surface area contributed by atoms with Crippen LogP contribution in [0.4, 0.5) is 5.13 Å². The Kier molecular flexibility index (Phi) is 2.78. The molecule has 1 heterocycles. The minimum Gasteiger partial charge on any atom is -0.477 e. The van der Waals surface area contributed by atoms with Gasteiger partial charge in [0.25, 0.3) is 0 Å². The second kappa shape index (κ2) is 4.29. The fourth-order valence-corrected chi connectivity index (χ4v) is 2.74. The Hall–Kier alpha value is -1.10. The Morgan fingerprint density at radius 1 is 1.35 bits per heavy atom. The van der Waals surface area contributed by atoms with Gasteiger partial charge in [0.2, 0.25) is 0 Å². The van der Waals surface area contributed by atoms with Gasteiger partial charge in [-0.25, -0.2) is 9.78 Å². The van der Waals surface area contributed by atoms with Crippen LogP contribution < -0.4 is 4.90 Å². The summed E-state index contributed by atoms with van der Waals surface area (Å²) >= 11 is 1.30. The number of anilines is 1. The van der Waals surface area contributed by atoms with Gasteiger partial charge >= 0.3 is 5.97 Å². The van der Waals surface area contributed by atoms with Gasteiger partial charge in [0.05, 0.1) is 6.20 Å². The van der Waals surface area contributed by atoms with E-state index in [4.69, 9.17) is 5.11 Å². The van der Waals surface area contributed by atoms with Crippen LogP contribution in [0.1, 0.15) is 35.4 Å². The number of carboxylic acids is 1. The van der Waals surface area contributed by atoms with Crippen molar-refractivity contribution in [2.45, 2.75) is 25.7 Å². The number of thiazole rings is 1. The summed E-state index contributed by atoms with van der Waals surface area (Å²) < 4.78 is 0. The molecule has 1 aromatic heterocycles. The predicted molar refractivity (Wildman–Crippen MR) is 66.7 cm³/mol. The van der Waals surface area contributed by atoms with Crippen LogP contribution in [0.25, 0.3) is 0 Å². The summed E-state index contributed by atoms with van der Waals surface area (Å²) in [5.74, 6) is 0.753. The number of aromatic carboxylic acids is 1. The lowest BCUT2D eigenvalue weighted by molar-refractivity contribution is 0.0702. The van der Waals surface area contributed by atoms with Crippen molar-refractivity contribution in [3.8, 4) is 0 Å². The molecule has 2 fully saturated rings. The molecule has 2 saturated carbocycles.